The van der Waals surface area contributed by atoms with Gasteiger partial charge in [-0.25, -0.2) is 0 Å². The zero-order chi connectivity index (χ0) is 11.4. The number of hydrogen-bond donors (Lipinski definition) is 0. The molecule has 2 rings (SSSR count). The molecule has 0 fully saturated rings. The normalized spacial score (nSPS) is 10.1. The Kier molecular flexibility index (Phi) is 3.05. The zero-order valence-corrected chi connectivity index (χ0v) is 9.10. The number of aryl methyl sites for hydroxylation is 1. The smallest absolute Gasteiger partial charge is 0.119 e. The predicted molar refractivity (Wildman–Crippen MR) is 62.5 cm³/mol. The second-order valence-corrected chi connectivity index (χ2v) is 3.56. The molecule has 81 valence electrons. The van der Waals surface area contributed by atoms with Crippen LogP contribution in [-0.2, 0) is 6.61 Å². The monoisotopic (exact) mass is 213 g/mol. The van der Waals surface area contributed by atoms with Crippen LogP contribution in [0.15, 0.2) is 42.6 Å². The van der Waals surface area contributed by atoms with E-state index in [1.54, 1.807) is 30.5 Å². The molecule has 0 saturated carbocycles. The maximum Gasteiger partial charge on any atom is 0.119 e. The van der Waals surface area contributed by atoms with Crippen molar-refractivity contribution in [1.82, 2.24) is 10.7 Å². The van der Waals surface area contributed by atoms with Gasteiger partial charge in [0, 0.05) is 17.5 Å². The van der Waals surface area contributed by atoms with Gasteiger partial charge in [0.05, 0.1) is 5.69 Å². The molecule has 3 nitrogen and oxygen atoms in total. The Labute approximate surface area is 94.9 Å². The quantitative estimate of drug-likeness (QED) is 0.787. The molecule has 0 aliphatic carbocycles. The van der Waals surface area contributed by atoms with Crippen LogP contribution in [0.5, 0.6) is 5.75 Å². The highest BCUT2D eigenvalue weighted by Gasteiger charge is 1.99. The first-order chi connectivity index (χ1) is 7.75. The number of pyridine rings is 1. The lowest BCUT2D eigenvalue weighted by Crippen LogP contribution is -1.98. The van der Waals surface area contributed by atoms with Crippen molar-refractivity contribution < 1.29 is 4.74 Å². The molecule has 0 spiro atoms. The molecule has 0 unspecified atom stereocenters. The van der Waals surface area contributed by atoms with Gasteiger partial charge >= 0.3 is 0 Å². The zero-order valence-electron chi connectivity index (χ0n) is 9.10. The summed E-state index contributed by atoms with van der Waals surface area (Å²) in [5, 5.41) is 0. The summed E-state index contributed by atoms with van der Waals surface area (Å²) in [6, 6.07) is 10.9. The van der Waals surface area contributed by atoms with E-state index >= 15 is 0 Å². The van der Waals surface area contributed by atoms with Crippen LogP contribution >= 0.6 is 0 Å². The summed E-state index contributed by atoms with van der Waals surface area (Å²) in [6.07, 6.45) is 1.77. The molecular weight excluding hydrogens is 200 g/mol. The highest BCUT2D eigenvalue weighted by Crippen LogP contribution is 2.16. The maximum absolute atomic E-state index is 7.36. The fraction of sp³-hybridized carbons (Fsp3) is 0.154. The van der Waals surface area contributed by atoms with Gasteiger partial charge in [-0.2, -0.15) is 0 Å². The van der Waals surface area contributed by atoms with E-state index in [1.807, 2.05) is 19.1 Å². The van der Waals surface area contributed by atoms with E-state index in [9.17, 15) is 0 Å². The van der Waals surface area contributed by atoms with Crippen molar-refractivity contribution in [3.8, 4) is 5.75 Å². The summed E-state index contributed by atoms with van der Waals surface area (Å²) in [7, 11) is 0. The first-order valence-corrected chi connectivity index (χ1v) is 5.10. The fourth-order valence-corrected chi connectivity index (χ4v) is 1.38. The van der Waals surface area contributed by atoms with Crippen LogP contribution in [0.1, 0.15) is 11.3 Å². The molecule has 1 N–H and O–H groups in total. The van der Waals surface area contributed by atoms with Crippen molar-refractivity contribution in [2.24, 2.45) is 0 Å². The average Bonchev–Trinajstić information content (AvgIpc) is 2.30. The van der Waals surface area contributed by atoms with E-state index in [-0.39, 0.29) is 0 Å². The molecule has 3 heteroatoms. The minimum absolute atomic E-state index is 0.491. The average molecular weight is 213 g/mol. The largest absolute Gasteiger partial charge is 0.489 e. The van der Waals surface area contributed by atoms with E-state index in [4.69, 9.17) is 10.5 Å². The summed E-state index contributed by atoms with van der Waals surface area (Å²) in [4.78, 5) is 4.20. The Hall–Kier alpha value is -2.03. The molecule has 0 amide bonds. The van der Waals surface area contributed by atoms with Crippen molar-refractivity contribution in [1.29, 1.82) is 0 Å². The maximum atomic E-state index is 7.36. The standard InChI is InChI=1S/C13H13N2O/c1-10-11(3-2-8-15-10)9-16-13-6-4-12(14)5-7-13/h2-8,14H,9H2,1H3. The van der Waals surface area contributed by atoms with Crippen LogP contribution < -0.4 is 10.5 Å². The predicted octanol–water partition coefficient (Wildman–Crippen LogP) is 2.88. The van der Waals surface area contributed by atoms with E-state index in [2.05, 4.69) is 4.98 Å². The summed E-state index contributed by atoms with van der Waals surface area (Å²) in [5.41, 5.74) is 9.91. The molecule has 0 saturated heterocycles. The third kappa shape index (κ3) is 2.51. The number of aromatic nitrogens is 1. The Morgan fingerprint density at radius 3 is 2.62 bits per heavy atom. The van der Waals surface area contributed by atoms with Gasteiger partial charge in [-0.3, -0.25) is 4.98 Å². The molecule has 0 aliphatic rings. The van der Waals surface area contributed by atoms with E-state index in [1.165, 1.54) is 0 Å². The topological polar surface area (TPSA) is 45.9 Å². The fourth-order valence-electron chi connectivity index (χ4n) is 1.38. The lowest BCUT2D eigenvalue weighted by atomic mass is 10.2. The Morgan fingerprint density at radius 2 is 1.94 bits per heavy atom. The molecule has 16 heavy (non-hydrogen) atoms. The van der Waals surface area contributed by atoms with Crippen LogP contribution in [0.4, 0.5) is 5.69 Å². The van der Waals surface area contributed by atoms with E-state index in [0.717, 1.165) is 17.0 Å². The molecule has 0 atom stereocenters. The van der Waals surface area contributed by atoms with Crippen molar-refractivity contribution >= 4 is 5.69 Å². The minimum Gasteiger partial charge on any atom is -0.489 e. The summed E-state index contributed by atoms with van der Waals surface area (Å²) >= 11 is 0. The summed E-state index contributed by atoms with van der Waals surface area (Å²) in [5.74, 6) is 0.777. The van der Waals surface area contributed by atoms with Gasteiger partial charge in [-0.05, 0) is 37.3 Å². The van der Waals surface area contributed by atoms with Gasteiger partial charge in [0.1, 0.15) is 12.4 Å². The molecular formula is C13H13N2O. The SMILES string of the molecule is Cc1ncccc1COc1ccc([NH])cc1. The number of ether oxygens (including phenoxy) is 1. The van der Waals surface area contributed by atoms with Crippen molar-refractivity contribution in [3.63, 3.8) is 0 Å². The van der Waals surface area contributed by atoms with Gasteiger partial charge in [-0.15, -0.1) is 0 Å². The summed E-state index contributed by atoms with van der Waals surface area (Å²) < 4.78 is 5.60. The Bertz CT molecular complexity index is 466. The van der Waals surface area contributed by atoms with Gasteiger partial charge in [0.25, 0.3) is 0 Å². The van der Waals surface area contributed by atoms with Crippen LogP contribution in [0.2, 0.25) is 0 Å². The molecule has 1 aromatic carbocycles. The third-order valence-corrected chi connectivity index (χ3v) is 2.37. The van der Waals surface area contributed by atoms with E-state index in [0.29, 0.717) is 12.3 Å². The minimum atomic E-state index is 0.491. The van der Waals surface area contributed by atoms with Crippen LogP contribution in [0.3, 0.4) is 0 Å². The third-order valence-electron chi connectivity index (χ3n) is 2.37. The van der Waals surface area contributed by atoms with Crippen LogP contribution in [0, 0.1) is 6.92 Å². The molecule has 1 heterocycles. The second-order valence-electron chi connectivity index (χ2n) is 3.56. The Balaban J connectivity index is 2.02. The molecule has 2 aromatic rings. The van der Waals surface area contributed by atoms with Crippen molar-refractivity contribution in [2.75, 3.05) is 0 Å². The molecule has 1 radical (unpaired) electrons. The van der Waals surface area contributed by atoms with Crippen molar-refractivity contribution in [2.45, 2.75) is 13.5 Å². The number of nitrogens with zero attached hydrogens (tertiary/aromatic N) is 1. The number of nitrogens with one attached hydrogen (secondary N) is 1. The van der Waals surface area contributed by atoms with Gasteiger partial charge in [0.15, 0.2) is 0 Å². The molecule has 0 bridgehead atoms. The first kappa shape index (κ1) is 10.5. The van der Waals surface area contributed by atoms with Gasteiger partial charge in [-0.1, -0.05) is 6.07 Å². The van der Waals surface area contributed by atoms with E-state index < -0.39 is 0 Å². The summed E-state index contributed by atoms with van der Waals surface area (Å²) in [6.45, 7) is 2.47. The molecule has 0 aliphatic heterocycles. The Morgan fingerprint density at radius 1 is 1.19 bits per heavy atom. The second kappa shape index (κ2) is 4.66. The molecule has 1 aromatic heterocycles. The lowest BCUT2D eigenvalue weighted by molar-refractivity contribution is 0.305. The number of benzene rings is 1. The van der Waals surface area contributed by atoms with Gasteiger partial charge in [0.2, 0.25) is 0 Å². The van der Waals surface area contributed by atoms with Crippen LogP contribution in [0.25, 0.3) is 0 Å². The number of rotatable bonds is 3. The number of hydrogen-bond acceptors (Lipinski definition) is 2. The highest BCUT2D eigenvalue weighted by atomic mass is 16.5. The van der Waals surface area contributed by atoms with Gasteiger partial charge < -0.3 is 10.5 Å². The highest BCUT2D eigenvalue weighted by molar-refractivity contribution is 5.38. The lowest BCUT2D eigenvalue weighted by Gasteiger charge is -2.07. The first-order valence-electron chi connectivity index (χ1n) is 5.10. The van der Waals surface area contributed by atoms with Crippen LogP contribution in [-0.4, -0.2) is 4.98 Å². The van der Waals surface area contributed by atoms with Crippen molar-refractivity contribution in [3.05, 3.63) is 53.9 Å².